The number of hydrogen-bond acceptors (Lipinski definition) is 2. The molecule has 0 saturated carbocycles. The molecule has 0 bridgehead atoms. The molecule has 0 aliphatic carbocycles. The third-order valence-corrected chi connectivity index (χ3v) is 1.51. The second-order valence-electron chi connectivity index (χ2n) is 2.25. The smallest absolute Gasteiger partial charge is 0.521 e. The van der Waals surface area contributed by atoms with Gasteiger partial charge in [-0.15, -0.1) is 0 Å². The third kappa shape index (κ3) is 0.960. The number of hydrogen-bond donors (Lipinski definition) is 0. The molecule has 1 aromatic rings. The lowest BCUT2D eigenvalue weighted by molar-refractivity contribution is 0.388. The molecule has 0 spiro atoms. The molecule has 1 heterocycles. The van der Waals surface area contributed by atoms with Crippen molar-refractivity contribution in [3.8, 4) is 11.5 Å². The van der Waals surface area contributed by atoms with Crippen LogP contribution in [-0.2, 0) is 0 Å². The zero-order chi connectivity index (χ0) is 9.59. The molecule has 1 aromatic carbocycles. The number of fused-ring (bicyclic) bond motifs is 1. The van der Waals surface area contributed by atoms with Crippen LogP contribution in [0, 0.1) is 23.3 Å². The molecule has 13 heavy (non-hydrogen) atoms. The minimum absolute atomic E-state index is 0.579. The first kappa shape index (κ1) is 8.21. The maximum absolute atomic E-state index is 12.7. The highest BCUT2D eigenvalue weighted by molar-refractivity contribution is 6.22. The van der Waals surface area contributed by atoms with Crippen LogP contribution in [0.2, 0.25) is 0 Å². The van der Waals surface area contributed by atoms with Gasteiger partial charge in [-0.2, -0.15) is 8.78 Å². The summed E-state index contributed by atoms with van der Waals surface area (Å²) in [7, 11) is 0.579. The molecular formula is C6BF4O2. The summed E-state index contributed by atoms with van der Waals surface area (Å²) in [5, 5.41) is 0. The predicted molar refractivity (Wildman–Crippen MR) is 33.3 cm³/mol. The van der Waals surface area contributed by atoms with E-state index in [4.69, 9.17) is 0 Å². The lowest BCUT2D eigenvalue weighted by Gasteiger charge is -2.02. The molecule has 0 N–H and O–H groups in total. The molecule has 0 saturated heterocycles. The highest BCUT2D eigenvalue weighted by atomic mass is 19.2. The van der Waals surface area contributed by atoms with Crippen LogP contribution in [0.3, 0.4) is 0 Å². The van der Waals surface area contributed by atoms with Crippen molar-refractivity contribution in [2.24, 2.45) is 0 Å². The Morgan fingerprint density at radius 3 is 1.46 bits per heavy atom. The van der Waals surface area contributed by atoms with E-state index in [0.717, 1.165) is 0 Å². The van der Waals surface area contributed by atoms with Crippen molar-refractivity contribution < 1.29 is 26.9 Å². The normalized spacial score (nSPS) is 12.9. The van der Waals surface area contributed by atoms with Gasteiger partial charge in [0.05, 0.1) is 0 Å². The van der Waals surface area contributed by atoms with E-state index in [2.05, 4.69) is 9.31 Å². The lowest BCUT2D eigenvalue weighted by Crippen LogP contribution is -2.00. The molecule has 0 amide bonds. The maximum atomic E-state index is 12.7. The summed E-state index contributed by atoms with van der Waals surface area (Å²) >= 11 is 0. The van der Waals surface area contributed by atoms with Gasteiger partial charge in [0.1, 0.15) is 0 Å². The first-order valence-electron chi connectivity index (χ1n) is 3.14. The standard InChI is InChI=1S/C6BF4O2/c8-1-2(9)4(11)6-5(3(1)10)12-7-13-6. The summed E-state index contributed by atoms with van der Waals surface area (Å²) in [6.07, 6.45) is 0. The van der Waals surface area contributed by atoms with Gasteiger partial charge in [0.15, 0.2) is 11.5 Å². The van der Waals surface area contributed by atoms with Crippen LogP contribution in [0.4, 0.5) is 17.6 Å². The fourth-order valence-corrected chi connectivity index (χ4v) is 0.922. The first-order valence-corrected chi connectivity index (χ1v) is 3.14. The van der Waals surface area contributed by atoms with Gasteiger partial charge < -0.3 is 9.31 Å². The number of benzene rings is 1. The Kier molecular flexibility index (Phi) is 1.61. The van der Waals surface area contributed by atoms with Crippen LogP contribution in [0.15, 0.2) is 0 Å². The molecule has 1 radical (unpaired) electrons. The average molecular weight is 191 g/mol. The van der Waals surface area contributed by atoms with Crippen LogP contribution >= 0.6 is 0 Å². The lowest BCUT2D eigenvalue weighted by atomic mass is 10.2. The SMILES string of the molecule is Fc1c(F)c(F)c2c(c1F)O[B]O2. The highest BCUT2D eigenvalue weighted by Gasteiger charge is 2.32. The van der Waals surface area contributed by atoms with Gasteiger partial charge in [-0.25, -0.2) is 8.78 Å². The summed E-state index contributed by atoms with van der Waals surface area (Å²) in [5.41, 5.74) is 0. The van der Waals surface area contributed by atoms with Crippen molar-refractivity contribution in [1.29, 1.82) is 0 Å². The Morgan fingerprint density at radius 1 is 0.692 bits per heavy atom. The molecule has 2 rings (SSSR count). The van der Waals surface area contributed by atoms with Crippen molar-refractivity contribution in [1.82, 2.24) is 0 Å². The van der Waals surface area contributed by atoms with E-state index in [-0.39, 0.29) is 0 Å². The summed E-state index contributed by atoms with van der Waals surface area (Å²) in [4.78, 5) is 0. The van der Waals surface area contributed by atoms with Crippen molar-refractivity contribution in [2.45, 2.75) is 0 Å². The Bertz CT molecular complexity index is 347. The fourth-order valence-electron chi connectivity index (χ4n) is 0.922. The summed E-state index contributed by atoms with van der Waals surface area (Å²) < 4.78 is 59.0. The Hall–Kier alpha value is -1.40. The van der Waals surface area contributed by atoms with Gasteiger partial charge in [0.25, 0.3) is 0 Å². The van der Waals surface area contributed by atoms with Gasteiger partial charge in [0, 0.05) is 0 Å². The molecule has 1 aliphatic heterocycles. The summed E-state index contributed by atoms with van der Waals surface area (Å²) in [6, 6.07) is 0. The van der Waals surface area contributed by atoms with E-state index < -0.39 is 34.8 Å². The second-order valence-corrected chi connectivity index (χ2v) is 2.25. The van der Waals surface area contributed by atoms with Crippen molar-refractivity contribution in [3.63, 3.8) is 0 Å². The molecule has 67 valence electrons. The average Bonchev–Trinajstić information content (AvgIpc) is 2.59. The largest absolute Gasteiger partial charge is 0.658 e. The number of rotatable bonds is 0. The molecule has 1 aliphatic rings. The van der Waals surface area contributed by atoms with Crippen LogP contribution in [0.5, 0.6) is 11.5 Å². The molecule has 0 fully saturated rings. The van der Waals surface area contributed by atoms with E-state index in [0.29, 0.717) is 7.69 Å². The van der Waals surface area contributed by atoms with Crippen LogP contribution in [-0.4, -0.2) is 7.69 Å². The van der Waals surface area contributed by atoms with Gasteiger partial charge >= 0.3 is 7.69 Å². The van der Waals surface area contributed by atoms with Crippen LogP contribution < -0.4 is 9.31 Å². The first-order chi connectivity index (χ1) is 6.13. The van der Waals surface area contributed by atoms with Gasteiger partial charge in [-0.3, -0.25) is 0 Å². The molecule has 0 atom stereocenters. The van der Waals surface area contributed by atoms with Gasteiger partial charge in [0.2, 0.25) is 23.3 Å². The van der Waals surface area contributed by atoms with E-state index >= 15 is 0 Å². The predicted octanol–water partition coefficient (Wildman–Crippen LogP) is 1.55. The van der Waals surface area contributed by atoms with Crippen LogP contribution in [0.1, 0.15) is 0 Å². The number of halogens is 4. The monoisotopic (exact) mass is 191 g/mol. The van der Waals surface area contributed by atoms with Crippen molar-refractivity contribution in [2.75, 3.05) is 0 Å². The van der Waals surface area contributed by atoms with Gasteiger partial charge in [-0.1, -0.05) is 0 Å². The zero-order valence-corrected chi connectivity index (χ0v) is 5.91. The summed E-state index contributed by atoms with van der Waals surface area (Å²) in [6.45, 7) is 0. The topological polar surface area (TPSA) is 18.5 Å². The third-order valence-electron chi connectivity index (χ3n) is 1.51. The minimum Gasteiger partial charge on any atom is -0.521 e. The van der Waals surface area contributed by atoms with Crippen molar-refractivity contribution in [3.05, 3.63) is 23.3 Å². The Morgan fingerprint density at radius 2 is 1.08 bits per heavy atom. The molecular weight excluding hydrogens is 191 g/mol. The Labute approximate surface area is 70.4 Å². The van der Waals surface area contributed by atoms with E-state index in [1.165, 1.54) is 0 Å². The molecule has 0 aromatic heterocycles. The zero-order valence-electron chi connectivity index (χ0n) is 5.91. The van der Waals surface area contributed by atoms with Gasteiger partial charge in [-0.05, 0) is 0 Å². The molecule has 0 unspecified atom stereocenters. The fraction of sp³-hybridized carbons (Fsp3) is 0. The molecule has 2 nitrogen and oxygen atoms in total. The van der Waals surface area contributed by atoms with E-state index in [1.54, 1.807) is 0 Å². The van der Waals surface area contributed by atoms with E-state index in [1.807, 2.05) is 0 Å². The quantitative estimate of drug-likeness (QED) is 0.268. The maximum Gasteiger partial charge on any atom is 0.658 e. The molecule has 7 heteroatoms. The highest BCUT2D eigenvalue weighted by Crippen LogP contribution is 2.39. The Balaban J connectivity index is 2.77. The van der Waals surface area contributed by atoms with E-state index in [9.17, 15) is 17.6 Å². The minimum atomic E-state index is -1.92. The van der Waals surface area contributed by atoms with Crippen LogP contribution in [0.25, 0.3) is 0 Å². The summed E-state index contributed by atoms with van der Waals surface area (Å²) in [5.74, 6) is -8.62. The van der Waals surface area contributed by atoms with Crippen molar-refractivity contribution >= 4 is 7.69 Å². The second kappa shape index (κ2) is 2.55.